The monoisotopic (exact) mass is 269 g/mol. The molecule has 2 atom stereocenters. The van der Waals surface area contributed by atoms with Crippen molar-refractivity contribution in [2.24, 2.45) is 5.92 Å². The molecule has 0 aromatic rings. The van der Waals surface area contributed by atoms with Crippen LogP contribution in [0.3, 0.4) is 0 Å². The summed E-state index contributed by atoms with van der Waals surface area (Å²) in [5, 5.41) is 13.7. The second-order valence-electron chi connectivity index (χ2n) is 4.57. The quantitative estimate of drug-likeness (QED) is 0.600. The molecule has 1 fully saturated rings. The average molecular weight is 269 g/mol. The van der Waals surface area contributed by atoms with Gasteiger partial charge >= 0.3 is 12.0 Å². The Balaban J connectivity index is 2.45. The van der Waals surface area contributed by atoms with Crippen molar-refractivity contribution in [3.05, 3.63) is 12.7 Å². The minimum atomic E-state index is -0.936. The maximum absolute atomic E-state index is 11.6. The van der Waals surface area contributed by atoms with Gasteiger partial charge in [-0.3, -0.25) is 19.8 Å². The number of nitrogens with one attached hydrogen (secondary N) is 2. The fraction of sp³-hybridized carbons (Fsp3) is 0.583. The first-order valence-corrected chi connectivity index (χ1v) is 6.11. The first-order chi connectivity index (χ1) is 8.95. The Kier molecular flexibility index (Phi) is 5.50. The van der Waals surface area contributed by atoms with Gasteiger partial charge in [-0.05, 0) is 18.9 Å². The number of aliphatic carboxylic acids is 1. The van der Waals surface area contributed by atoms with E-state index in [4.69, 9.17) is 5.11 Å². The third-order valence-electron chi connectivity index (χ3n) is 3.06. The maximum Gasteiger partial charge on any atom is 0.321 e. The Hall–Kier alpha value is -1.89. The first kappa shape index (κ1) is 15.2. The molecule has 0 aromatic carbocycles. The standard InChI is InChI=1S/C12H19N3O4/c1-3-5-13-12(19)14-9(16)7-15-6-4-8(2)10(15)11(17)18/h3,8,10H,1,4-7H2,2H3,(H,17,18)(H2,13,14,16,19). The molecule has 3 amide bonds. The number of carboxylic acids is 1. The Morgan fingerprint density at radius 3 is 2.74 bits per heavy atom. The number of imide groups is 1. The Bertz CT molecular complexity index is 383. The predicted octanol–water partition coefficient (Wildman–Crippen LogP) is -0.207. The number of nitrogens with zero attached hydrogens (tertiary/aromatic N) is 1. The fourth-order valence-corrected chi connectivity index (χ4v) is 2.16. The van der Waals surface area contributed by atoms with Crippen LogP contribution in [0.25, 0.3) is 0 Å². The lowest BCUT2D eigenvalue weighted by atomic mass is 10.0. The van der Waals surface area contributed by atoms with Gasteiger partial charge in [-0.1, -0.05) is 13.0 Å². The largest absolute Gasteiger partial charge is 0.480 e. The molecule has 2 unspecified atom stereocenters. The highest BCUT2D eigenvalue weighted by molar-refractivity contribution is 5.95. The number of hydrogen-bond acceptors (Lipinski definition) is 4. The average Bonchev–Trinajstić information content (AvgIpc) is 2.67. The summed E-state index contributed by atoms with van der Waals surface area (Å²) in [5.74, 6) is -1.45. The van der Waals surface area contributed by atoms with Gasteiger partial charge < -0.3 is 10.4 Å². The lowest BCUT2D eigenvalue weighted by Crippen LogP contribution is -2.48. The van der Waals surface area contributed by atoms with Gasteiger partial charge in [0.1, 0.15) is 6.04 Å². The summed E-state index contributed by atoms with van der Waals surface area (Å²) in [7, 11) is 0. The Labute approximate surface area is 111 Å². The van der Waals surface area contributed by atoms with Gasteiger partial charge in [-0.2, -0.15) is 0 Å². The van der Waals surface area contributed by atoms with Crippen LogP contribution in [0, 0.1) is 5.92 Å². The van der Waals surface area contributed by atoms with Gasteiger partial charge in [-0.15, -0.1) is 6.58 Å². The van der Waals surface area contributed by atoms with Crippen molar-refractivity contribution in [1.82, 2.24) is 15.5 Å². The van der Waals surface area contributed by atoms with Gasteiger partial charge in [-0.25, -0.2) is 4.79 Å². The number of hydrogen-bond donors (Lipinski definition) is 3. The molecule has 3 N–H and O–H groups in total. The summed E-state index contributed by atoms with van der Waals surface area (Å²) in [6, 6.07) is -1.27. The molecule has 1 rings (SSSR count). The van der Waals surface area contributed by atoms with E-state index in [0.717, 1.165) is 6.42 Å². The molecule has 1 saturated heterocycles. The first-order valence-electron chi connectivity index (χ1n) is 6.11. The highest BCUT2D eigenvalue weighted by Gasteiger charge is 2.37. The zero-order valence-corrected chi connectivity index (χ0v) is 10.9. The molecule has 19 heavy (non-hydrogen) atoms. The van der Waals surface area contributed by atoms with Gasteiger partial charge in [0.15, 0.2) is 0 Å². The molecular formula is C12H19N3O4. The van der Waals surface area contributed by atoms with E-state index in [2.05, 4.69) is 17.2 Å². The van der Waals surface area contributed by atoms with Crippen molar-refractivity contribution in [3.8, 4) is 0 Å². The molecule has 0 aromatic heterocycles. The van der Waals surface area contributed by atoms with Crippen molar-refractivity contribution in [1.29, 1.82) is 0 Å². The molecule has 0 radical (unpaired) electrons. The van der Waals surface area contributed by atoms with E-state index in [0.29, 0.717) is 6.54 Å². The van der Waals surface area contributed by atoms with Gasteiger partial charge in [0.05, 0.1) is 6.54 Å². The van der Waals surface area contributed by atoms with Crippen LogP contribution in [0.15, 0.2) is 12.7 Å². The number of urea groups is 1. The van der Waals surface area contributed by atoms with Crippen molar-refractivity contribution >= 4 is 17.9 Å². The van der Waals surface area contributed by atoms with E-state index in [1.165, 1.54) is 6.08 Å². The van der Waals surface area contributed by atoms with Gasteiger partial charge in [0.25, 0.3) is 0 Å². The summed E-state index contributed by atoms with van der Waals surface area (Å²) >= 11 is 0. The topological polar surface area (TPSA) is 98.7 Å². The molecule has 1 aliphatic rings. The highest BCUT2D eigenvalue weighted by Crippen LogP contribution is 2.23. The Morgan fingerprint density at radius 1 is 1.47 bits per heavy atom. The maximum atomic E-state index is 11.6. The number of carboxylic acid groups (broad SMARTS) is 1. The lowest BCUT2D eigenvalue weighted by Gasteiger charge is -2.22. The molecule has 0 spiro atoms. The predicted molar refractivity (Wildman–Crippen MR) is 68.5 cm³/mol. The fourth-order valence-electron chi connectivity index (χ4n) is 2.16. The molecule has 7 nitrogen and oxygen atoms in total. The normalized spacial score (nSPS) is 22.8. The smallest absolute Gasteiger partial charge is 0.321 e. The van der Waals surface area contributed by atoms with E-state index in [1.807, 2.05) is 6.92 Å². The van der Waals surface area contributed by atoms with Crippen molar-refractivity contribution in [3.63, 3.8) is 0 Å². The van der Waals surface area contributed by atoms with Crippen LogP contribution in [-0.4, -0.2) is 53.6 Å². The van der Waals surface area contributed by atoms with Gasteiger partial charge in [0.2, 0.25) is 5.91 Å². The minimum Gasteiger partial charge on any atom is -0.480 e. The van der Waals surface area contributed by atoms with Crippen LogP contribution in [0.1, 0.15) is 13.3 Å². The molecule has 106 valence electrons. The zero-order chi connectivity index (χ0) is 14.4. The minimum absolute atomic E-state index is 0.0000997. The van der Waals surface area contributed by atoms with E-state index in [9.17, 15) is 14.4 Å². The van der Waals surface area contributed by atoms with E-state index < -0.39 is 23.9 Å². The second-order valence-corrected chi connectivity index (χ2v) is 4.57. The van der Waals surface area contributed by atoms with E-state index in [-0.39, 0.29) is 19.0 Å². The van der Waals surface area contributed by atoms with Crippen LogP contribution >= 0.6 is 0 Å². The van der Waals surface area contributed by atoms with E-state index >= 15 is 0 Å². The second kappa shape index (κ2) is 6.89. The SMILES string of the molecule is C=CCNC(=O)NC(=O)CN1CCC(C)C1C(=O)O. The molecule has 0 bridgehead atoms. The summed E-state index contributed by atoms with van der Waals surface area (Å²) < 4.78 is 0. The van der Waals surface area contributed by atoms with Gasteiger partial charge in [0, 0.05) is 6.54 Å². The van der Waals surface area contributed by atoms with Crippen molar-refractivity contribution in [2.75, 3.05) is 19.6 Å². The number of likely N-dealkylation sites (tertiary alicyclic amines) is 1. The third-order valence-corrected chi connectivity index (χ3v) is 3.06. The van der Waals surface area contributed by atoms with Crippen molar-refractivity contribution < 1.29 is 19.5 Å². The van der Waals surface area contributed by atoms with Crippen LogP contribution < -0.4 is 10.6 Å². The summed E-state index contributed by atoms with van der Waals surface area (Å²) in [5.41, 5.74) is 0. The number of carbonyl (C=O) groups excluding carboxylic acids is 2. The van der Waals surface area contributed by atoms with Crippen LogP contribution in [0.5, 0.6) is 0 Å². The molecule has 0 saturated carbocycles. The number of amides is 3. The summed E-state index contributed by atoms with van der Waals surface area (Å²) in [4.78, 5) is 35.5. The van der Waals surface area contributed by atoms with Crippen LogP contribution in [0.2, 0.25) is 0 Å². The van der Waals surface area contributed by atoms with E-state index in [1.54, 1.807) is 4.90 Å². The molecule has 1 aliphatic heterocycles. The molecule has 7 heteroatoms. The van der Waals surface area contributed by atoms with Crippen molar-refractivity contribution in [2.45, 2.75) is 19.4 Å². The molecular weight excluding hydrogens is 250 g/mol. The summed E-state index contributed by atoms with van der Waals surface area (Å²) in [6.07, 6.45) is 2.22. The number of carbonyl (C=O) groups is 3. The third kappa shape index (κ3) is 4.36. The zero-order valence-electron chi connectivity index (χ0n) is 10.9. The lowest BCUT2D eigenvalue weighted by molar-refractivity contribution is -0.143. The number of rotatable bonds is 5. The highest BCUT2D eigenvalue weighted by atomic mass is 16.4. The van der Waals surface area contributed by atoms with Crippen LogP contribution in [-0.2, 0) is 9.59 Å². The molecule has 0 aliphatic carbocycles. The van der Waals surface area contributed by atoms with Crippen LogP contribution in [0.4, 0.5) is 4.79 Å². The molecule has 1 heterocycles. The Morgan fingerprint density at radius 2 is 2.16 bits per heavy atom. The summed E-state index contributed by atoms with van der Waals surface area (Å²) in [6.45, 7) is 5.98.